The number of hydrogen-bond acceptors (Lipinski definition) is 9. The van der Waals surface area contributed by atoms with Crippen LogP contribution in [-0.2, 0) is 42.9 Å². The van der Waals surface area contributed by atoms with E-state index in [9.17, 15) is 32.3 Å². The highest BCUT2D eigenvalue weighted by Gasteiger charge is 2.50. The number of carbonyl (C=O) groups excluding carboxylic acids is 4. The zero-order valence-electron chi connectivity index (χ0n) is 18.2. The summed E-state index contributed by atoms with van der Waals surface area (Å²) in [4.78, 5) is 45.4. The minimum atomic E-state index is -5.16. The molecule has 1 heterocycles. The molecule has 13 heteroatoms. The summed E-state index contributed by atoms with van der Waals surface area (Å²) in [5.41, 5.74) is 0. The number of rotatable bonds is 10. The SMILES string of the molecule is COC(=O)CCCCOC1OC(COC(C)=O)[C@H](OC(C)=O)[C@H](C)C1NC(=O)C(F)(F)F. The van der Waals surface area contributed by atoms with Gasteiger partial charge in [0, 0.05) is 32.8 Å². The van der Waals surface area contributed by atoms with E-state index < -0.39 is 60.4 Å². The predicted molar refractivity (Wildman–Crippen MR) is 99.8 cm³/mol. The molecule has 10 nitrogen and oxygen atoms in total. The van der Waals surface area contributed by atoms with Gasteiger partial charge >= 0.3 is 30.0 Å². The minimum absolute atomic E-state index is 0.00864. The summed E-state index contributed by atoms with van der Waals surface area (Å²) in [6.45, 7) is 3.34. The number of esters is 3. The molecule has 1 saturated heterocycles. The zero-order chi connectivity index (χ0) is 24.5. The van der Waals surface area contributed by atoms with Gasteiger partial charge in [0.25, 0.3) is 0 Å². The van der Waals surface area contributed by atoms with Crippen molar-refractivity contribution in [3.8, 4) is 0 Å². The molecule has 1 aliphatic heterocycles. The quantitative estimate of drug-likeness (QED) is 0.285. The second kappa shape index (κ2) is 12.6. The minimum Gasteiger partial charge on any atom is -0.469 e. The number of ether oxygens (including phenoxy) is 5. The molecular formula is C19H28F3NO9. The first-order valence-electron chi connectivity index (χ1n) is 9.89. The van der Waals surface area contributed by atoms with Crippen molar-refractivity contribution < 1.29 is 56.0 Å². The van der Waals surface area contributed by atoms with Crippen LogP contribution in [-0.4, -0.2) is 74.9 Å². The third kappa shape index (κ3) is 8.99. The van der Waals surface area contributed by atoms with Crippen molar-refractivity contribution in [3.63, 3.8) is 0 Å². The van der Waals surface area contributed by atoms with E-state index >= 15 is 0 Å². The van der Waals surface area contributed by atoms with E-state index in [0.29, 0.717) is 12.8 Å². The van der Waals surface area contributed by atoms with Crippen molar-refractivity contribution in [2.45, 2.75) is 70.7 Å². The van der Waals surface area contributed by atoms with Crippen LogP contribution in [0.4, 0.5) is 13.2 Å². The lowest BCUT2D eigenvalue weighted by Gasteiger charge is -2.44. The Morgan fingerprint density at radius 1 is 1.06 bits per heavy atom. The summed E-state index contributed by atoms with van der Waals surface area (Å²) in [5.74, 6) is -4.90. The van der Waals surface area contributed by atoms with Crippen LogP contribution in [0.2, 0.25) is 0 Å². The summed E-state index contributed by atoms with van der Waals surface area (Å²) in [6.07, 6.45) is -7.81. The van der Waals surface area contributed by atoms with Crippen LogP contribution in [0, 0.1) is 5.92 Å². The Morgan fingerprint density at radius 2 is 1.72 bits per heavy atom. The molecule has 0 saturated carbocycles. The molecule has 1 N–H and O–H groups in total. The van der Waals surface area contributed by atoms with Crippen LogP contribution in [0.15, 0.2) is 0 Å². The Morgan fingerprint density at radius 3 is 2.25 bits per heavy atom. The fourth-order valence-electron chi connectivity index (χ4n) is 3.08. The van der Waals surface area contributed by atoms with Crippen LogP contribution < -0.4 is 5.32 Å². The second-order valence-corrected chi connectivity index (χ2v) is 7.18. The molecule has 0 aromatic rings. The van der Waals surface area contributed by atoms with Crippen molar-refractivity contribution in [2.75, 3.05) is 20.3 Å². The van der Waals surface area contributed by atoms with Gasteiger partial charge in [0.1, 0.15) is 18.8 Å². The maximum absolute atomic E-state index is 12.8. The number of nitrogens with one attached hydrogen (secondary N) is 1. The van der Waals surface area contributed by atoms with Gasteiger partial charge in [-0.05, 0) is 12.8 Å². The molecule has 1 rings (SSSR count). The molecule has 0 bridgehead atoms. The fraction of sp³-hybridized carbons (Fsp3) is 0.789. The van der Waals surface area contributed by atoms with Gasteiger partial charge in [0.15, 0.2) is 6.29 Å². The van der Waals surface area contributed by atoms with Gasteiger partial charge in [-0.1, -0.05) is 6.92 Å². The van der Waals surface area contributed by atoms with Crippen molar-refractivity contribution in [2.24, 2.45) is 5.92 Å². The summed E-state index contributed by atoms with van der Waals surface area (Å²) in [7, 11) is 1.24. The Hall–Kier alpha value is -2.41. The fourth-order valence-corrected chi connectivity index (χ4v) is 3.08. The van der Waals surface area contributed by atoms with Gasteiger partial charge < -0.3 is 29.0 Å². The standard InChI is InChI=1S/C19H28F3NO9/c1-10-15(23-18(27)19(20,21)22)17(29-8-6-5-7-14(26)28-4)32-13(9-30-11(2)24)16(10)31-12(3)25/h10,13,15-17H,5-9H2,1-4H3,(H,23,27)/t10-,13?,15?,16-,17?/m1/s1. The van der Waals surface area contributed by atoms with E-state index in [-0.39, 0.29) is 19.6 Å². The zero-order valence-corrected chi connectivity index (χ0v) is 18.2. The summed E-state index contributed by atoms with van der Waals surface area (Å²) < 4.78 is 64.3. The lowest BCUT2D eigenvalue weighted by Crippen LogP contribution is -2.63. The number of unbranched alkanes of at least 4 members (excludes halogenated alkanes) is 1. The van der Waals surface area contributed by atoms with Crippen molar-refractivity contribution in [1.82, 2.24) is 5.32 Å². The number of carbonyl (C=O) groups is 4. The highest BCUT2D eigenvalue weighted by Crippen LogP contribution is 2.30. The Bertz CT molecular complexity index is 671. The second-order valence-electron chi connectivity index (χ2n) is 7.18. The maximum atomic E-state index is 12.8. The monoisotopic (exact) mass is 471 g/mol. The number of alkyl halides is 3. The van der Waals surface area contributed by atoms with E-state index in [2.05, 4.69) is 4.74 Å². The Kier molecular flexibility index (Phi) is 10.9. The first-order chi connectivity index (χ1) is 14.9. The number of hydrogen-bond donors (Lipinski definition) is 1. The average Bonchev–Trinajstić information content (AvgIpc) is 2.69. The Labute approximate surface area is 183 Å². The molecular weight excluding hydrogens is 443 g/mol. The normalized spacial score (nSPS) is 25.5. The molecule has 0 spiro atoms. The van der Waals surface area contributed by atoms with E-state index in [1.807, 2.05) is 5.32 Å². The van der Waals surface area contributed by atoms with E-state index in [1.165, 1.54) is 14.0 Å². The van der Waals surface area contributed by atoms with Gasteiger partial charge in [-0.2, -0.15) is 13.2 Å². The topological polar surface area (TPSA) is 126 Å². The number of amides is 1. The van der Waals surface area contributed by atoms with E-state index in [4.69, 9.17) is 18.9 Å². The van der Waals surface area contributed by atoms with Crippen molar-refractivity contribution in [3.05, 3.63) is 0 Å². The lowest BCUT2D eigenvalue weighted by molar-refractivity contribution is -0.264. The van der Waals surface area contributed by atoms with Crippen LogP contribution in [0.5, 0.6) is 0 Å². The first kappa shape index (κ1) is 27.6. The largest absolute Gasteiger partial charge is 0.471 e. The molecule has 184 valence electrons. The smallest absolute Gasteiger partial charge is 0.469 e. The summed E-state index contributed by atoms with van der Waals surface area (Å²) in [6, 6.07) is -1.33. The molecule has 1 aliphatic rings. The molecule has 0 aromatic carbocycles. The average molecular weight is 471 g/mol. The highest BCUT2D eigenvalue weighted by atomic mass is 19.4. The predicted octanol–water partition coefficient (Wildman–Crippen LogP) is 1.25. The molecule has 1 fully saturated rings. The van der Waals surface area contributed by atoms with Gasteiger partial charge in [0.05, 0.1) is 13.2 Å². The Balaban J connectivity index is 2.98. The third-order valence-electron chi connectivity index (χ3n) is 4.65. The van der Waals surface area contributed by atoms with Crippen LogP contribution in [0.1, 0.15) is 40.0 Å². The number of methoxy groups -OCH3 is 1. The van der Waals surface area contributed by atoms with Gasteiger partial charge in [-0.25, -0.2) is 0 Å². The highest BCUT2D eigenvalue weighted by molar-refractivity contribution is 5.82. The van der Waals surface area contributed by atoms with E-state index in [1.54, 1.807) is 0 Å². The first-order valence-corrected chi connectivity index (χ1v) is 9.89. The summed E-state index contributed by atoms with van der Waals surface area (Å²) in [5, 5.41) is 1.83. The summed E-state index contributed by atoms with van der Waals surface area (Å²) >= 11 is 0. The van der Waals surface area contributed by atoms with Gasteiger partial charge in [-0.3, -0.25) is 19.2 Å². The van der Waals surface area contributed by atoms with E-state index in [0.717, 1.165) is 13.8 Å². The third-order valence-corrected chi connectivity index (χ3v) is 4.65. The molecule has 0 radical (unpaired) electrons. The molecule has 3 unspecified atom stereocenters. The van der Waals surface area contributed by atoms with Crippen LogP contribution in [0.25, 0.3) is 0 Å². The van der Waals surface area contributed by atoms with Gasteiger partial charge in [0.2, 0.25) is 0 Å². The molecule has 32 heavy (non-hydrogen) atoms. The molecule has 0 aliphatic carbocycles. The van der Waals surface area contributed by atoms with Crippen LogP contribution in [0.3, 0.4) is 0 Å². The molecule has 0 aromatic heterocycles. The maximum Gasteiger partial charge on any atom is 0.471 e. The molecule has 1 amide bonds. The van der Waals surface area contributed by atoms with Crippen molar-refractivity contribution in [1.29, 1.82) is 0 Å². The number of halogens is 3. The lowest BCUT2D eigenvalue weighted by atomic mass is 9.88. The van der Waals surface area contributed by atoms with Crippen molar-refractivity contribution >= 4 is 23.8 Å². The molecule has 5 atom stereocenters. The van der Waals surface area contributed by atoms with Crippen LogP contribution >= 0.6 is 0 Å². The van der Waals surface area contributed by atoms with Gasteiger partial charge in [-0.15, -0.1) is 0 Å².